The van der Waals surface area contributed by atoms with Crippen molar-refractivity contribution in [1.29, 1.82) is 0 Å². The Morgan fingerprint density at radius 1 is 1.30 bits per heavy atom. The van der Waals surface area contributed by atoms with E-state index < -0.39 is 23.7 Å². The van der Waals surface area contributed by atoms with Crippen molar-refractivity contribution in [3.05, 3.63) is 22.4 Å². The van der Waals surface area contributed by atoms with E-state index >= 15 is 0 Å². The Morgan fingerprint density at radius 2 is 2.00 bits per heavy atom. The summed E-state index contributed by atoms with van der Waals surface area (Å²) in [6.45, 7) is 5.56. The molecule has 0 aromatic carbocycles. The van der Waals surface area contributed by atoms with Gasteiger partial charge in [-0.15, -0.1) is 11.3 Å². The van der Waals surface area contributed by atoms with Gasteiger partial charge in [-0.05, 0) is 32.2 Å². The molecule has 0 bridgehead atoms. The third-order valence-electron chi connectivity index (χ3n) is 3.31. The summed E-state index contributed by atoms with van der Waals surface area (Å²) in [7, 11) is 0. The molecule has 1 N–H and O–H groups in total. The number of piperazine rings is 1. The fourth-order valence-corrected chi connectivity index (χ4v) is 2.95. The van der Waals surface area contributed by atoms with Crippen molar-refractivity contribution in [1.82, 2.24) is 9.80 Å². The molecule has 1 fully saturated rings. The first-order chi connectivity index (χ1) is 10.7. The molecule has 0 spiro atoms. The van der Waals surface area contributed by atoms with E-state index in [9.17, 15) is 19.5 Å². The summed E-state index contributed by atoms with van der Waals surface area (Å²) in [5.41, 5.74) is -0.653. The zero-order valence-electron chi connectivity index (χ0n) is 13.3. The van der Waals surface area contributed by atoms with Crippen molar-refractivity contribution < 1.29 is 24.2 Å². The van der Waals surface area contributed by atoms with Crippen LogP contribution in [0, 0.1) is 0 Å². The summed E-state index contributed by atoms with van der Waals surface area (Å²) in [4.78, 5) is 39.2. The molecule has 7 nitrogen and oxygen atoms in total. The van der Waals surface area contributed by atoms with Crippen LogP contribution >= 0.6 is 11.3 Å². The highest BCUT2D eigenvalue weighted by Crippen LogP contribution is 2.19. The van der Waals surface area contributed by atoms with E-state index in [4.69, 9.17) is 4.74 Å². The van der Waals surface area contributed by atoms with Gasteiger partial charge in [-0.2, -0.15) is 0 Å². The average molecular weight is 340 g/mol. The van der Waals surface area contributed by atoms with Crippen molar-refractivity contribution in [3.63, 3.8) is 0 Å². The van der Waals surface area contributed by atoms with Gasteiger partial charge in [0.05, 0.1) is 11.4 Å². The van der Waals surface area contributed by atoms with E-state index in [2.05, 4.69) is 0 Å². The molecule has 1 saturated heterocycles. The molecule has 126 valence electrons. The fraction of sp³-hybridized carbons (Fsp3) is 0.533. The van der Waals surface area contributed by atoms with Crippen LogP contribution in [-0.2, 0) is 9.53 Å². The maximum atomic E-state index is 12.4. The van der Waals surface area contributed by atoms with Crippen LogP contribution in [0.25, 0.3) is 0 Å². The SMILES string of the molecule is CC(C)(C)OC(=O)N1CCN(C(=O)c2cccs2)[C@H](C(=O)O)C1. The lowest BCUT2D eigenvalue weighted by Crippen LogP contribution is -2.59. The summed E-state index contributed by atoms with van der Waals surface area (Å²) >= 11 is 1.26. The number of amides is 2. The fourth-order valence-electron chi connectivity index (χ4n) is 2.27. The lowest BCUT2D eigenvalue weighted by molar-refractivity contribution is -0.144. The molecule has 23 heavy (non-hydrogen) atoms. The molecule has 1 aromatic heterocycles. The highest BCUT2D eigenvalue weighted by Gasteiger charge is 2.38. The highest BCUT2D eigenvalue weighted by atomic mass is 32.1. The average Bonchev–Trinajstić information content (AvgIpc) is 2.98. The number of ether oxygens (including phenoxy) is 1. The highest BCUT2D eigenvalue weighted by molar-refractivity contribution is 7.12. The number of carboxylic acids is 1. The van der Waals surface area contributed by atoms with Crippen LogP contribution in [0.1, 0.15) is 30.4 Å². The molecule has 2 amide bonds. The standard InChI is InChI=1S/C15H20N2O5S/c1-15(2,3)22-14(21)16-6-7-17(10(9-16)13(19)20)12(18)11-5-4-8-23-11/h4-5,8,10H,6-7,9H2,1-3H3,(H,19,20)/t10-/m0/s1. The van der Waals surface area contributed by atoms with E-state index in [-0.39, 0.29) is 25.5 Å². The Labute approximate surface area is 138 Å². The quantitative estimate of drug-likeness (QED) is 0.888. The number of nitrogens with zero attached hydrogens (tertiary/aromatic N) is 2. The summed E-state index contributed by atoms with van der Waals surface area (Å²) in [5.74, 6) is -1.46. The van der Waals surface area contributed by atoms with E-state index in [0.29, 0.717) is 4.88 Å². The molecular weight excluding hydrogens is 320 g/mol. The lowest BCUT2D eigenvalue weighted by atomic mass is 10.1. The number of rotatable bonds is 2. The van der Waals surface area contributed by atoms with Crippen LogP contribution in [0.3, 0.4) is 0 Å². The van der Waals surface area contributed by atoms with Gasteiger partial charge in [0, 0.05) is 13.1 Å². The van der Waals surface area contributed by atoms with Gasteiger partial charge in [0.2, 0.25) is 0 Å². The minimum atomic E-state index is -1.14. The van der Waals surface area contributed by atoms with Gasteiger partial charge in [-0.3, -0.25) is 4.79 Å². The molecular formula is C15H20N2O5S. The van der Waals surface area contributed by atoms with Crippen LogP contribution in [0.15, 0.2) is 17.5 Å². The van der Waals surface area contributed by atoms with E-state index in [1.165, 1.54) is 21.1 Å². The third-order valence-corrected chi connectivity index (χ3v) is 4.17. The number of thiophene rings is 1. The topological polar surface area (TPSA) is 87.2 Å². The molecule has 1 aliphatic rings. The van der Waals surface area contributed by atoms with Crippen molar-refractivity contribution in [2.45, 2.75) is 32.4 Å². The Kier molecular flexibility index (Phi) is 4.93. The molecule has 8 heteroatoms. The first-order valence-electron chi connectivity index (χ1n) is 7.24. The van der Waals surface area contributed by atoms with Crippen LogP contribution < -0.4 is 0 Å². The number of carbonyl (C=O) groups is 3. The van der Waals surface area contributed by atoms with E-state index in [0.717, 1.165) is 0 Å². The van der Waals surface area contributed by atoms with Crippen molar-refractivity contribution in [2.24, 2.45) is 0 Å². The molecule has 0 radical (unpaired) electrons. The van der Waals surface area contributed by atoms with Crippen LogP contribution in [0.4, 0.5) is 4.79 Å². The second-order valence-corrected chi connectivity index (χ2v) is 7.20. The maximum absolute atomic E-state index is 12.4. The van der Waals surface area contributed by atoms with Crippen LogP contribution in [0.5, 0.6) is 0 Å². The number of hydrogen-bond donors (Lipinski definition) is 1. The molecule has 0 saturated carbocycles. The number of carboxylic acid groups (broad SMARTS) is 1. The molecule has 1 atom stereocenters. The second-order valence-electron chi connectivity index (χ2n) is 6.26. The van der Waals surface area contributed by atoms with Crippen LogP contribution in [0.2, 0.25) is 0 Å². The minimum Gasteiger partial charge on any atom is -0.480 e. The van der Waals surface area contributed by atoms with Gasteiger partial charge in [0.15, 0.2) is 0 Å². The van der Waals surface area contributed by atoms with E-state index in [1.807, 2.05) is 0 Å². The zero-order chi connectivity index (χ0) is 17.2. The summed E-state index contributed by atoms with van der Waals surface area (Å²) in [6.07, 6.45) is -0.563. The summed E-state index contributed by atoms with van der Waals surface area (Å²) < 4.78 is 5.27. The lowest BCUT2D eigenvalue weighted by Gasteiger charge is -2.39. The molecule has 1 aliphatic heterocycles. The van der Waals surface area contributed by atoms with Crippen molar-refractivity contribution >= 4 is 29.3 Å². The number of hydrogen-bond acceptors (Lipinski definition) is 5. The van der Waals surface area contributed by atoms with Gasteiger partial charge < -0.3 is 19.6 Å². The normalized spacial score (nSPS) is 18.7. The van der Waals surface area contributed by atoms with Gasteiger partial charge in [0.25, 0.3) is 5.91 Å². The summed E-state index contributed by atoms with van der Waals surface area (Å²) in [5, 5.41) is 11.2. The molecule has 0 aliphatic carbocycles. The van der Waals surface area contributed by atoms with Gasteiger partial charge >= 0.3 is 12.1 Å². The van der Waals surface area contributed by atoms with Crippen molar-refractivity contribution in [2.75, 3.05) is 19.6 Å². The predicted octanol–water partition coefficient (Wildman–Crippen LogP) is 1.89. The van der Waals surface area contributed by atoms with Gasteiger partial charge in [-0.1, -0.05) is 6.07 Å². The monoisotopic (exact) mass is 340 g/mol. The predicted molar refractivity (Wildman–Crippen MR) is 84.6 cm³/mol. The summed E-state index contributed by atoms with van der Waals surface area (Å²) in [6, 6.07) is 2.32. The number of aliphatic carboxylic acids is 1. The maximum Gasteiger partial charge on any atom is 0.410 e. The Hall–Kier alpha value is -2.09. The Balaban J connectivity index is 2.11. The molecule has 2 rings (SSSR count). The Morgan fingerprint density at radius 3 is 2.52 bits per heavy atom. The van der Waals surface area contributed by atoms with E-state index in [1.54, 1.807) is 38.3 Å². The number of carbonyl (C=O) groups excluding carboxylic acids is 2. The van der Waals surface area contributed by atoms with Crippen molar-refractivity contribution in [3.8, 4) is 0 Å². The molecule has 0 unspecified atom stereocenters. The first kappa shape index (κ1) is 17.3. The van der Waals surface area contributed by atoms with Gasteiger partial charge in [0.1, 0.15) is 11.6 Å². The third kappa shape index (κ3) is 4.22. The second kappa shape index (κ2) is 6.57. The largest absolute Gasteiger partial charge is 0.480 e. The molecule has 1 aromatic rings. The Bertz CT molecular complexity index is 594. The first-order valence-corrected chi connectivity index (χ1v) is 8.12. The van der Waals surface area contributed by atoms with Gasteiger partial charge in [-0.25, -0.2) is 9.59 Å². The zero-order valence-corrected chi connectivity index (χ0v) is 14.1. The van der Waals surface area contributed by atoms with Crippen LogP contribution in [-0.4, -0.2) is 64.2 Å². The smallest absolute Gasteiger partial charge is 0.410 e. The molecule has 2 heterocycles. The minimum absolute atomic E-state index is 0.0820.